The molecule has 33 heavy (non-hydrogen) atoms. The number of terminal acetylenes is 1. The number of hydrogen-bond acceptors (Lipinski definition) is 7. The van der Waals surface area contributed by atoms with Crippen molar-refractivity contribution in [1.29, 1.82) is 0 Å². The van der Waals surface area contributed by atoms with Gasteiger partial charge in [-0.05, 0) is 24.3 Å². The lowest BCUT2D eigenvalue weighted by Gasteiger charge is -2.18. The fourth-order valence-electron chi connectivity index (χ4n) is 3.36. The summed E-state index contributed by atoms with van der Waals surface area (Å²) in [6, 6.07) is 10.5. The molecule has 3 aromatic rings. The van der Waals surface area contributed by atoms with E-state index in [0.29, 0.717) is 53.4 Å². The van der Waals surface area contributed by atoms with Crippen molar-refractivity contribution in [2.75, 3.05) is 30.0 Å². The number of fused-ring (bicyclic) bond motifs is 1. The Hall–Kier alpha value is -3.48. The molecular formula is C22H21N4O6P. The van der Waals surface area contributed by atoms with Gasteiger partial charge in [-0.15, -0.1) is 6.42 Å². The minimum atomic E-state index is -4.54. The SMILES string of the molecule is C#Cc1cccc(Nc2ncnc3cc(OC4CCOC4)c(NC(=O)CP(=O)(O)O)cc23)c1. The number of carbonyl (C=O) groups is 1. The predicted molar refractivity (Wildman–Crippen MR) is 123 cm³/mol. The van der Waals surface area contributed by atoms with Crippen LogP contribution in [0.4, 0.5) is 17.2 Å². The molecule has 170 valence electrons. The van der Waals surface area contributed by atoms with Crippen molar-refractivity contribution in [1.82, 2.24) is 9.97 Å². The zero-order valence-corrected chi connectivity index (χ0v) is 18.3. The highest BCUT2D eigenvalue weighted by atomic mass is 31.2. The monoisotopic (exact) mass is 468 g/mol. The summed E-state index contributed by atoms with van der Waals surface area (Å²) in [4.78, 5) is 39.1. The van der Waals surface area contributed by atoms with Gasteiger partial charge in [0, 0.05) is 29.1 Å². The summed E-state index contributed by atoms with van der Waals surface area (Å²) in [5, 5.41) is 6.28. The smallest absolute Gasteiger partial charge is 0.334 e. The van der Waals surface area contributed by atoms with Gasteiger partial charge in [0.25, 0.3) is 0 Å². The quantitative estimate of drug-likeness (QED) is 0.304. The molecule has 2 aromatic carbocycles. The number of carbonyl (C=O) groups excluding carboxylic acids is 1. The highest BCUT2D eigenvalue weighted by molar-refractivity contribution is 7.52. The molecule has 1 aliphatic heterocycles. The minimum absolute atomic E-state index is 0.217. The predicted octanol–water partition coefficient (Wildman–Crippen LogP) is 2.64. The Balaban J connectivity index is 1.72. The fourth-order valence-corrected chi connectivity index (χ4v) is 3.82. The number of benzene rings is 2. The van der Waals surface area contributed by atoms with Crippen molar-refractivity contribution < 1.29 is 28.6 Å². The molecular weight excluding hydrogens is 447 g/mol. The van der Waals surface area contributed by atoms with E-state index in [4.69, 9.17) is 25.7 Å². The van der Waals surface area contributed by atoms with Crippen LogP contribution < -0.4 is 15.4 Å². The number of amides is 1. The van der Waals surface area contributed by atoms with Gasteiger partial charge >= 0.3 is 7.60 Å². The molecule has 1 fully saturated rings. The molecule has 1 atom stereocenters. The van der Waals surface area contributed by atoms with Gasteiger partial charge < -0.3 is 29.9 Å². The van der Waals surface area contributed by atoms with E-state index in [1.54, 1.807) is 24.3 Å². The lowest BCUT2D eigenvalue weighted by Crippen LogP contribution is -2.20. The second kappa shape index (κ2) is 9.57. The third-order valence-electron chi connectivity index (χ3n) is 4.83. The van der Waals surface area contributed by atoms with Gasteiger partial charge in [0.05, 0.1) is 24.4 Å². The van der Waals surface area contributed by atoms with Crippen LogP contribution in [-0.4, -0.2) is 51.1 Å². The molecule has 10 nitrogen and oxygen atoms in total. The molecule has 0 radical (unpaired) electrons. The first kappa shape index (κ1) is 22.7. The van der Waals surface area contributed by atoms with Gasteiger partial charge in [-0.2, -0.15) is 0 Å². The van der Waals surface area contributed by atoms with Crippen molar-refractivity contribution in [2.45, 2.75) is 12.5 Å². The summed E-state index contributed by atoms with van der Waals surface area (Å²) in [6.07, 6.45) is 6.37. The molecule has 4 N–H and O–H groups in total. The first-order valence-corrected chi connectivity index (χ1v) is 11.8. The molecule has 0 saturated carbocycles. The number of aromatic nitrogens is 2. The van der Waals surface area contributed by atoms with Gasteiger partial charge in [0.15, 0.2) is 0 Å². The highest BCUT2D eigenvalue weighted by Gasteiger charge is 2.23. The van der Waals surface area contributed by atoms with Gasteiger partial charge in [-0.25, -0.2) is 9.97 Å². The van der Waals surface area contributed by atoms with Gasteiger partial charge in [-0.1, -0.05) is 12.0 Å². The number of anilines is 3. The summed E-state index contributed by atoms with van der Waals surface area (Å²) in [6.45, 7) is 0.959. The van der Waals surface area contributed by atoms with Crippen molar-refractivity contribution in [2.24, 2.45) is 0 Å². The topological polar surface area (TPSA) is 143 Å². The van der Waals surface area contributed by atoms with E-state index in [1.165, 1.54) is 6.33 Å². The van der Waals surface area contributed by atoms with E-state index >= 15 is 0 Å². The van der Waals surface area contributed by atoms with Crippen molar-refractivity contribution in [3.8, 4) is 18.1 Å². The zero-order chi connectivity index (χ0) is 23.4. The molecule has 4 rings (SSSR count). The maximum Gasteiger partial charge on any atom is 0.334 e. The third-order valence-corrected chi connectivity index (χ3v) is 5.53. The number of hydrogen-bond donors (Lipinski definition) is 4. The molecule has 11 heteroatoms. The standard InChI is InChI=1S/C22H21N4O6P/c1-2-14-4-3-5-15(8-14)25-22-17-9-19(26-21(27)12-33(28,29)30)20(10-18(17)23-13-24-22)32-16-6-7-31-11-16/h1,3-5,8-10,13,16H,6-7,11-12H2,(H,26,27)(H,23,24,25)(H2,28,29,30). The maximum atomic E-state index is 12.3. The molecule has 1 aliphatic rings. The van der Waals surface area contributed by atoms with E-state index in [0.717, 1.165) is 0 Å². The normalized spacial score (nSPS) is 15.7. The molecule has 1 saturated heterocycles. The molecule has 1 unspecified atom stereocenters. The first-order valence-electron chi connectivity index (χ1n) is 10.0. The number of nitrogens with zero attached hydrogens (tertiary/aromatic N) is 2. The lowest BCUT2D eigenvalue weighted by molar-refractivity contribution is -0.114. The first-order chi connectivity index (χ1) is 15.8. The van der Waals surface area contributed by atoms with Gasteiger partial charge in [-0.3, -0.25) is 9.36 Å². The molecule has 1 amide bonds. The second-order valence-electron chi connectivity index (χ2n) is 7.41. The fraction of sp³-hybridized carbons (Fsp3) is 0.227. The Labute approximate surface area is 189 Å². The number of ether oxygens (including phenoxy) is 2. The van der Waals surface area contributed by atoms with Crippen LogP contribution in [0.3, 0.4) is 0 Å². The average Bonchev–Trinajstić information content (AvgIpc) is 3.26. The van der Waals surface area contributed by atoms with Crippen LogP contribution >= 0.6 is 7.60 Å². The van der Waals surface area contributed by atoms with Crippen LogP contribution in [0.2, 0.25) is 0 Å². The number of rotatable bonds is 7. The summed E-state index contributed by atoms with van der Waals surface area (Å²) >= 11 is 0. The molecule has 0 spiro atoms. The summed E-state index contributed by atoms with van der Waals surface area (Å²) < 4.78 is 22.6. The van der Waals surface area contributed by atoms with Crippen LogP contribution in [-0.2, 0) is 14.1 Å². The molecule has 1 aromatic heterocycles. The third kappa shape index (κ3) is 5.86. The Bertz CT molecular complexity index is 1280. The summed E-state index contributed by atoms with van der Waals surface area (Å²) in [5.41, 5.74) is 2.18. The zero-order valence-electron chi connectivity index (χ0n) is 17.4. The van der Waals surface area contributed by atoms with Gasteiger partial charge in [0.1, 0.15) is 30.2 Å². The minimum Gasteiger partial charge on any atom is -0.486 e. The van der Waals surface area contributed by atoms with Crippen molar-refractivity contribution in [3.63, 3.8) is 0 Å². The molecule has 0 bridgehead atoms. The van der Waals surface area contributed by atoms with Crippen molar-refractivity contribution >= 4 is 41.6 Å². The molecule has 2 heterocycles. The van der Waals surface area contributed by atoms with E-state index in [1.807, 2.05) is 12.1 Å². The Kier molecular flexibility index (Phi) is 6.58. The lowest BCUT2D eigenvalue weighted by atomic mass is 10.1. The highest BCUT2D eigenvalue weighted by Crippen LogP contribution is 2.37. The van der Waals surface area contributed by atoms with Crippen molar-refractivity contribution in [3.05, 3.63) is 48.3 Å². The van der Waals surface area contributed by atoms with E-state index in [2.05, 4.69) is 26.5 Å². The average molecular weight is 468 g/mol. The van der Waals surface area contributed by atoms with E-state index < -0.39 is 19.7 Å². The Morgan fingerprint density at radius 1 is 1.30 bits per heavy atom. The van der Waals surface area contributed by atoms with Crippen LogP contribution in [0.1, 0.15) is 12.0 Å². The Morgan fingerprint density at radius 2 is 2.15 bits per heavy atom. The maximum absolute atomic E-state index is 12.3. The molecule has 0 aliphatic carbocycles. The number of nitrogens with one attached hydrogen (secondary N) is 2. The van der Waals surface area contributed by atoms with Crippen LogP contribution in [0, 0.1) is 12.3 Å². The van der Waals surface area contributed by atoms with Crippen LogP contribution in [0.5, 0.6) is 5.75 Å². The largest absolute Gasteiger partial charge is 0.486 e. The van der Waals surface area contributed by atoms with E-state index in [9.17, 15) is 9.36 Å². The summed E-state index contributed by atoms with van der Waals surface area (Å²) in [5.74, 6) is 2.50. The van der Waals surface area contributed by atoms with Crippen LogP contribution in [0.25, 0.3) is 10.9 Å². The summed E-state index contributed by atoms with van der Waals surface area (Å²) in [7, 11) is -4.54. The van der Waals surface area contributed by atoms with Gasteiger partial charge in [0.2, 0.25) is 5.91 Å². The Morgan fingerprint density at radius 3 is 2.88 bits per heavy atom. The van der Waals surface area contributed by atoms with E-state index in [-0.39, 0.29) is 11.8 Å². The second-order valence-corrected chi connectivity index (χ2v) is 9.06. The van der Waals surface area contributed by atoms with Crippen LogP contribution in [0.15, 0.2) is 42.7 Å².